The number of hydrogen-bond donors (Lipinski definition) is 0. The predicted octanol–water partition coefficient (Wildman–Crippen LogP) is 3.93. The third-order valence-electron chi connectivity index (χ3n) is 4.01. The predicted molar refractivity (Wildman–Crippen MR) is 108 cm³/mol. The summed E-state index contributed by atoms with van der Waals surface area (Å²) in [7, 11) is 7.18. The summed E-state index contributed by atoms with van der Waals surface area (Å²) in [5.41, 5.74) is 1.31. The molecular formula is C22H27NO4. The standard InChI is InChI=1S/C22H27NO4/c1-23(2)14-7-15-27-21-9-6-5-8-17(21)10-12-20(24)19-16-18(25-3)11-13-22(19)26-4/h5-6,8-13,16H,7,14-15H2,1-4H3/b12-10+. The third-order valence-corrected chi connectivity index (χ3v) is 4.01. The summed E-state index contributed by atoms with van der Waals surface area (Å²) in [5.74, 6) is 1.72. The van der Waals surface area contributed by atoms with Gasteiger partial charge in [-0.05, 0) is 56.9 Å². The lowest BCUT2D eigenvalue weighted by Gasteiger charge is -2.12. The molecule has 144 valence electrons. The van der Waals surface area contributed by atoms with Crippen LogP contribution in [0.1, 0.15) is 22.3 Å². The molecule has 0 fully saturated rings. The van der Waals surface area contributed by atoms with Crippen LogP contribution in [0.25, 0.3) is 6.08 Å². The van der Waals surface area contributed by atoms with E-state index in [9.17, 15) is 4.79 Å². The van der Waals surface area contributed by atoms with E-state index in [-0.39, 0.29) is 5.78 Å². The topological polar surface area (TPSA) is 48.0 Å². The van der Waals surface area contributed by atoms with Gasteiger partial charge in [-0.25, -0.2) is 0 Å². The number of carbonyl (C=O) groups is 1. The largest absolute Gasteiger partial charge is 0.497 e. The van der Waals surface area contributed by atoms with E-state index < -0.39 is 0 Å². The van der Waals surface area contributed by atoms with Gasteiger partial charge in [0.2, 0.25) is 0 Å². The Labute approximate surface area is 161 Å². The Kier molecular flexibility index (Phi) is 7.89. The Morgan fingerprint density at radius 2 is 1.81 bits per heavy atom. The number of hydrogen-bond acceptors (Lipinski definition) is 5. The van der Waals surface area contributed by atoms with Crippen molar-refractivity contribution in [1.29, 1.82) is 0 Å². The molecule has 0 amide bonds. The Bertz CT molecular complexity index is 784. The highest BCUT2D eigenvalue weighted by molar-refractivity contribution is 6.09. The van der Waals surface area contributed by atoms with Gasteiger partial charge in [-0.1, -0.05) is 18.2 Å². The van der Waals surface area contributed by atoms with Crippen LogP contribution in [0, 0.1) is 0 Å². The molecule has 2 aromatic carbocycles. The van der Waals surface area contributed by atoms with Gasteiger partial charge in [0.25, 0.3) is 0 Å². The van der Waals surface area contributed by atoms with E-state index in [1.165, 1.54) is 6.08 Å². The molecule has 2 rings (SSSR count). The van der Waals surface area contributed by atoms with E-state index in [1.54, 1.807) is 38.5 Å². The van der Waals surface area contributed by atoms with E-state index in [4.69, 9.17) is 14.2 Å². The van der Waals surface area contributed by atoms with E-state index in [0.29, 0.717) is 23.7 Å². The lowest BCUT2D eigenvalue weighted by Crippen LogP contribution is -2.15. The maximum atomic E-state index is 12.6. The fourth-order valence-electron chi connectivity index (χ4n) is 2.57. The fraction of sp³-hybridized carbons (Fsp3) is 0.318. The SMILES string of the molecule is COc1ccc(OC)c(C(=O)/C=C/c2ccccc2OCCCN(C)C)c1. The minimum absolute atomic E-state index is 0.159. The maximum absolute atomic E-state index is 12.6. The molecule has 0 saturated heterocycles. The van der Waals surface area contributed by atoms with Crippen molar-refractivity contribution in [3.63, 3.8) is 0 Å². The van der Waals surface area contributed by atoms with Gasteiger partial charge in [0.15, 0.2) is 5.78 Å². The smallest absolute Gasteiger partial charge is 0.189 e. The molecule has 0 saturated carbocycles. The van der Waals surface area contributed by atoms with Gasteiger partial charge >= 0.3 is 0 Å². The average Bonchev–Trinajstić information content (AvgIpc) is 2.69. The molecular weight excluding hydrogens is 342 g/mol. The van der Waals surface area contributed by atoms with Crippen LogP contribution < -0.4 is 14.2 Å². The Hall–Kier alpha value is -2.79. The summed E-state index contributed by atoms with van der Waals surface area (Å²) in [6, 6.07) is 12.8. The quantitative estimate of drug-likeness (QED) is 0.361. The molecule has 0 heterocycles. The molecule has 0 aliphatic carbocycles. The number of nitrogens with zero attached hydrogens (tertiary/aromatic N) is 1. The van der Waals surface area contributed by atoms with E-state index in [0.717, 1.165) is 24.3 Å². The van der Waals surface area contributed by atoms with Crippen LogP contribution in [0.3, 0.4) is 0 Å². The Morgan fingerprint density at radius 1 is 1.04 bits per heavy atom. The van der Waals surface area contributed by atoms with Gasteiger partial charge in [0, 0.05) is 12.1 Å². The lowest BCUT2D eigenvalue weighted by atomic mass is 10.1. The molecule has 0 atom stereocenters. The van der Waals surface area contributed by atoms with Crippen LogP contribution in [0.15, 0.2) is 48.5 Å². The van der Waals surface area contributed by atoms with Gasteiger partial charge in [0.1, 0.15) is 17.2 Å². The molecule has 0 bridgehead atoms. The zero-order chi connectivity index (χ0) is 19.6. The van der Waals surface area contributed by atoms with E-state index in [1.807, 2.05) is 38.4 Å². The summed E-state index contributed by atoms with van der Waals surface area (Å²) in [6.45, 7) is 1.59. The number of methoxy groups -OCH3 is 2. The van der Waals surface area contributed by atoms with Crippen molar-refractivity contribution in [2.75, 3.05) is 41.5 Å². The molecule has 5 heteroatoms. The number of benzene rings is 2. The first-order valence-electron chi connectivity index (χ1n) is 8.86. The molecule has 0 aromatic heterocycles. The Balaban J connectivity index is 2.12. The minimum atomic E-state index is -0.159. The number of carbonyl (C=O) groups excluding carboxylic acids is 1. The monoisotopic (exact) mass is 369 g/mol. The number of rotatable bonds is 10. The number of ether oxygens (including phenoxy) is 3. The normalized spacial score (nSPS) is 11.0. The molecule has 0 radical (unpaired) electrons. The number of ketones is 1. The molecule has 0 spiro atoms. The van der Waals surface area contributed by atoms with Crippen molar-refractivity contribution in [2.24, 2.45) is 0 Å². The molecule has 2 aromatic rings. The molecule has 0 aliphatic heterocycles. The van der Waals surface area contributed by atoms with Gasteiger partial charge in [-0.3, -0.25) is 4.79 Å². The van der Waals surface area contributed by atoms with Crippen LogP contribution in [0.4, 0.5) is 0 Å². The van der Waals surface area contributed by atoms with Gasteiger partial charge < -0.3 is 19.1 Å². The van der Waals surface area contributed by atoms with Crippen LogP contribution in [-0.2, 0) is 0 Å². The van der Waals surface area contributed by atoms with Gasteiger partial charge in [0.05, 0.1) is 26.4 Å². The second-order valence-electron chi connectivity index (χ2n) is 6.31. The highest BCUT2D eigenvalue weighted by Crippen LogP contribution is 2.26. The van der Waals surface area contributed by atoms with Crippen LogP contribution >= 0.6 is 0 Å². The molecule has 27 heavy (non-hydrogen) atoms. The number of para-hydroxylation sites is 1. The van der Waals surface area contributed by atoms with Crippen molar-refractivity contribution >= 4 is 11.9 Å². The first-order valence-corrected chi connectivity index (χ1v) is 8.86. The van der Waals surface area contributed by atoms with Gasteiger partial charge in [-0.2, -0.15) is 0 Å². The van der Waals surface area contributed by atoms with Crippen molar-refractivity contribution in [3.05, 3.63) is 59.7 Å². The summed E-state index contributed by atoms with van der Waals surface area (Å²) < 4.78 is 16.4. The van der Waals surface area contributed by atoms with E-state index >= 15 is 0 Å². The lowest BCUT2D eigenvalue weighted by molar-refractivity contribution is 0.104. The van der Waals surface area contributed by atoms with Crippen LogP contribution in [-0.4, -0.2) is 52.1 Å². The van der Waals surface area contributed by atoms with Crippen LogP contribution in [0.2, 0.25) is 0 Å². The number of allylic oxidation sites excluding steroid dienone is 1. The zero-order valence-corrected chi connectivity index (χ0v) is 16.4. The second-order valence-corrected chi connectivity index (χ2v) is 6.31. The van der Waals surface area contributed by atoms with E-state index in [2.05, 4.69) is 4.90 Å². The Morgan fingerprint density at radius 3 is 2.52 bits per heavy atom. The average molecular weight is 369 g/mol. The molecule has 0 aliphatic rings. The summed E-state index contributed by atoms with van der Waals surface area (Å²) in [4.78, 5) is 14.8. The first kappa shape index (κ1) is 20.5. The molecule has 0 N–H and O–H groups in total. The zero-order valence-electron chi connectivity index (χ0n) is 16.4. The summed E-state index contributed by atoms with van der Waals surface area (Å²) in [6.07, 6.45) is 4.23. The van der Waals surface area contributed by atoms with Crippen molar-refractivity contribution < 1.29 is 19.0 Å². The summed E-state index contributed by atoms with van der Waals surface area (Å²) in [5, 5.41) is 0. The van der Waals surface area contributed by atoms with Gasteiger partial charge in [-0.15, -0.1) is 0 Å². The fourth-order valence-corrected chi connectivity index (χ4v) is 2.57. The van der Waals surface area contributed by atoms with Crippen LogP contribution in [0.5, 0.6) is 17.2 Å². The highest BCUT2D eigenvalue weighted by atomic mass is 16.5. The first-order chi connectivity index (χ1) is 13.0. The third kappa shape index (κ3) is 6.15. The maximum Gasteiger partial charge on any atom is 0.189 e. The minimum Gasteiger partial charge on any atom is -0.497 e. The second kappa shape index (κ2) is 10.4. The summed E-state index contributed by atoms with van der Waals surface area (Å²) >= 11 is 0. The van der Waals surface area contributed by atoms with Crippen molar-refractivity contribution in [1.82, 2.24) is 4.90 Å². The van der Waals surface area contributed by atoms with Crippen molar-refractivity contribution in [3.8, 4) is 17.2 Å². The van der Waals surface area contributed by atoms with Crippen molar-refractivity contribution in [2.45, 2.75) is 6.42 Å². The highest BCUT2D eigenvalue weighted by Gasteiger charge is 2.11. The molecule has 5 nitrogen and oxygen atoms in total. The molecule has 0 unspecified atom stereocenters.